The number of halogens is 1. The summed E-state index contributed by atoms with van der Waals surface area (Å²) in [6.07, 6.45) is 1.32. The number of nitrogens with zero attached hydrogens (tertiary/aromatic N) is 1. The lowest BCUT2D eigenvalue weighted by atomic mass is 10.5. The Balaban J connectivity index is 3.29. The fraction of sp³-hybridized carbons (Fsp3) is 0. The predicted octanol–water partition coefficient (Wildman–Crippen LogP) is 1.06. The van der Waals surface area contributed by atoms with Crippen LogP contribution in [0.25, 0.3) is 0 Å². The molecule has 0 radical (unpaired) electrons. The van der Waals surface area contributed by atoms with Crippen molar-refractivity contribution in [2.45, 2.75) is 0 Å². The van der Waals surface area contributed by atoms with Crippen molar-refractivity contribution in [1.29, 1.82) is 0 Å². The predicted molar refractivity (Wildman–Crippen MR) is 37.3 cm³/mol. The summed E-state index contributed by atoms with van der Waals surface area (Å²) in [5.74, 6) is 0. The number of hydrogen-bond acceptors (Lipinski definition) is 2. The second kappa shape index (κ2) is 2.66. The van der Waals surface area contributed by atoms with Crippen LogP contribution >= 0.6 is 11.6 Å². The van der Waals surface area contributed by atoms with E-state index in [2.05, 4.69) is 0 Å². The molecule has 10 heavy (non-hydrogen) atoms. The Morgan fingerprint density at radius 1 is 1.50 bits per heavy atom. The third-order valence-corrected chi connectivity index (χ3v) is 1.19. The highest BCUT2D eigenvalue weighted by Gasteiger charge is 1.98. The van der Waals surface area contributed by atoms with Gasteiger partial charge in [0.1, 0.15) is 0 Å². The molecule has 0 aliphatic rings. The van der Waals surface area contributed by atoms with E-state index in [0.717, 1.165) is 4.57 Å². The molecule has 0 aliphatic carbocycles. The standard InChI is InChI=1S/C6H4ClNO2/c7-6(10)8-4-2-1-3-5(8)9/h1-4H. The number of carbonyl (C=O) groups is 1. The largest absolute Gasteiger partial charge is 0.327 e. The van der Waals surface area contributed by atoms with Gasteiger partial charge < -0.3 is 0 Å². The van der Waals surface area contributed by atoms with E-state index in [9.17, 15) is 9.59 Å². The van der Waals surface area contributed by atoms with Crippen LogP contribution in [0.5, 0.6) is 0 Å². The van der Waals surface area contributed by atoms with E-state index in [-0.39, 0.29) is 0 Å². The first kappa shape index (κ1) is 7.02. The smallest absolute Gasteiger partial charge is 0.269 e. The highest BCUT2D eigenvalue weighted by molar-refractivity contribution is 6.63. The Bertz CT molecular complexity index is 305. The van der Waals surface area contributed by atoms with Gasteiger partial charge in [0.05, 0.1) is 0 Å². The Hall–Kier alpha value is -1.09. The highest BCUT2D eigenvalue weighted by atomic mass is 35.5. The molecule has 0 spiro atoms. The Kier molecular flexibility index (Phi) is 1.87. The van der Waals surface area contributed by atoms with Crippen molar-refractivity contribution >= 4 is 17.0 Å². The van der Waals surface area contributed by atoms with Gasteiger partial charge in [0.2, 0.25) is 0 Å². The first-order chi connectivity index (χ1) is 4.72. The minimum atomic E-state index is -0.786. The van der Waals surface area contributed by atoms with Gasteiger partial charge in [0, 0.05) is 12.3 Å². The van der Waals surface area contributed by atoms with Crippen molar-refractivity contribution in [1.82, 2.24) is 4.57 Å². The lowest BCUT2D eigenvalue weighted by Crippen LogP contribution is -2.20. The monoisotopic (exact) mass is 157 g/mol. The van der Waals surface area contributed by atoms with Crippen molar-refractivity contribution in [2.24, 2.45) is 0 Å². The van der Waals surface area contributed by atoms with E-state index >= 15 is 0 Å². The van der Waals surface area contributed by atoms with Crippen LogP contribution in [-0.4, -0.2) is 9.93 Å². The third kappa shape index (κ3) is 1.25. The molecular weight excluding hydrogens is 154 g/mol. The normalized spacial score (nSPS) is 9.30. The van der Waals surface area contributed by atoms with Crippen LogP contribution in [0.3, 0.4) is 0 Å². The molecule has 1 heterocycles. The van der Waals surface area contributed by atoms with Gasteiger partial charge >= 0.3 is 5.37 Å². The van der Waals surface area contributed by atoms with Gasteiger partial charge in [0.25, 0.3) is 5.56 Å². The number of aromatic nitrogens is 1. The average molecular weight is 158 g/mol. The van der Waals surface area contributed by atoms with Gasteiger partial charge in [-0.1, -0.05) is 6.07 Å². The van der Waals surface area contributed by atoms with E-state index < -0.39 is 10.9 Å². The molecule has 4 heteroatoms. The number of carbonyl (C=O) groups excluding carboxylic acids is 1. The zero-order valence-corrected chi connectivity index (χ0v) is 5.71. The maximum atomic E-state index is 10.7. The van der Waals surface area contributed by atoms with Crippen LogP contribution in [-0.2, 0) is 0 Å². The Labute approximate surface area is 61.9 Å². The van der Waals surface area contributed by atoms with Gasteiger partial charge in [-0.3, -0.25) is 9.59 Å². The van der Waals surface area contributed by atoms with Crippen LogP contribution in [0.15, 0.2) is 29.2 Å². The second-order valence-corrected chi connectivity index (χ2v) is 1.99. The van der Waals surface area contributed by atoms with E-state index in [1.165, 1.54) is 12.3 Å². The number of rotatable bonds is 0. The van der Waals surface area contributed by atoms with Gasteiger partial charge in [-0.25, -0.2) is 4.57 Å². The lowest BCUT2D eigenvalue weighted by molar-refractivity contribution is 0.260. The van der Waals surface area contributed by atoms with Crippen molar-refractivity contribution in [3.63, 3.8) is 0 Å². The van der Waals surface area contributed by atoms with Crippen LogP contribution in [0.2, 0.25) is 0 Å². The highest BCUT2D eigenvalue weighted by Crippen LogP contribution is 1.86. The third-order valence-electron chi connectivity index (χ3n) is 1.01. The minimum absolute atomic E-state index is 0.414. The van der Waals surface area contributed by atoms with E-state index in [1.54, 1.807) is 12.1 Å². The molecule has 0 unspecified atom stereocenters. The summed E-state index contributed by atoms with van der Waals surface area (Å²) in [4.78, 5) is 21.1. The molecular formula is C6H4ClNO2. The van der Waals surface area contributed by atoms with E-state index in [1.807, 2.05) is 0 Å². The van der Waals surface area contributed by atoms with Gasteiger partial charge in [-0.15, -0.1) is 0 Å². The zero-order valence-electron chi connectivity index (χ0n) is 4.95. The zero-order chi connectivity index (χ0) is 7.56. The second-order valence-electron chi connectivity index (χ2n) is 1.66. The maximum absolute atomic E-state index is 10.7. The minimum Gasteiger partial charge on any atom is -0.269 e. The molecule has 1 aromatic heterocycles. The van der Waals surface area contributed by atoms with Crippen LogP contribution < -0.4 is 5.56 Å². The molecule has 0 saturated carbocycles. The van der Waals surface area contributed by atoms with Crippen molar-refractivity contribution < 1.29 is 4.79 Å². The SMILES string of the molecule is O=C(Cl)n1ccccc1=O. The van der Waals surface area contributed by atoms with E-state index in [4.69, 9.17) is 11.6 Å². The molecule has 0 amide bonds. The summed E-state index contributed by atoms with van der Waals surface area (Å²) in [6, 6.07) is 4.36. The molecule has 0 bridgehead atoms. The molecule has 0 aliphatic heterocycles. The Morgan fingerprint density at radius 2 is 2.20 bits per heavy atom. The number of hydrogen-bond donors (Lipinski definition) is 0. The van der Waals surface area contributed by atoms with Gasteiger partial charge in [0.15, 0.2) is 0 Å². The van der Waals surface area contributed by atoms with Gasteiger partial charge in [-0.05, 0) is 17.7 Å². The van der Waals surface area contributed by atoms with E-state index in [0.29, 0.717) is 0 Å². The summed E-state index contributed by atoms with van der Waals surface area (Å²) in [7, 11) is 0. The summed E-state index contributed by atoms with van der Waals surface area (Å²) >= 11 is 5.03. The van der Waals surface area contributed by atoms with Crippen molar-refractivity contribution in [3.05, 3.63) is 34.7 Å². The number of pyridine rings is 1. The van der Waals surface area contributed by atoms with Gasteiger partial charge in [-0.2, -0.15) is 0 Å². The van der Waals surface area contributed by atoms with Crippen molar-refractivity contribution in [2.75, 3.05) is 0 Å². The van der Waals surface area contributed by atoms with Crippen LogP contribution in [0.4, 0.5) is 4.79 Å². The summed E-state index contributed by atoms with van der Waals surface area (Å²) < 4.78 is 0.821. The van der Waals surface area contributed by atoms with Crippen molar-refractivity contribution in [3.8, 4) is 0 Å². The fourth-order valence-corrected chi connectivity index (χ4v) is 0.712. The van der Waals surface area contributed by atoms with Crippen LogP contribution in [0, 0.1) is 0 Å². The molecule has 0 saturated heterocycles. The molecule has 0 aromatic carbocycles. The summed E-state index contributed by atoms with van der Waals surface area (Å²) in [5.41, 5.74) is -0.414. The summed E-state index contributed by atoms with van der Waals surface area (Å²) in [6.45, 7) is 0. The molecule has 1 rings (SSSR count). The van der Waals surface area contributed by atoms with Crippen LogP contribution in [0.1, 0.15) is 0 Å². The fourth-order valence-electron chi connectivity index (χ4n) is 0.573. The molecule has 52 valence electrons. The molecule has 0 atom stereocenters. The molecule has 0 fully saturated rings. The Morgan fingerprint density at radius 3 is 2.60 bits per heavy atom. The maximum Gasteiger partial charge on any atom is 0.327 e. The average Bonchev–Trinajstić information content (AvgIpc) is 1.88. The summed E-state index contributed by atoms with van der Waals surface area (Å²) in [5, 5.41) is -0.786. The molecule has 3 nitrogen and oxygen atoms in total. The molecule has 1 aromatic rings. The first-order valence-corrected chi connectivity index (χ1v) is 2.97. The topological polar surface area (TPSA) is 39.1 Å². The quantitative estimate of drug-likeness (QED) is 0.528. The lowest BCUT2D eigenvalue weighted by Gasteiger charge is -1.92. The first-order valence-electron chi connectivity index (χ1n) is 2.59. The molecule has 0 N–H and O–H groups in total.